The van der Waals surface area contributed by atoms with Crippen molar-refractivity contribution < 1.29 is 10.2 Å². The highest BCUT2D eigenvalue weighted by Gasteiger charge is 2.33. The molecule has 0 aliphatic carbocycles. The average Bonchev–Trinajstić information content (AvgIpc) is 1.25. The van der Waals surface area contributed by atoms with E-state index in [1.165, 1.54) is 0 Å². The van der Waals surface area contributed by atoms with Gasteiger partial charge in [0.05, 0.1) is 0 Å². The standard InChI is InChI=1S/C5H12O2S/c1-4(2,3)5(6,7)8/h6-8H,1-3H3. The van der Waals surface area contributed by atoms with Crippen LogP contribution in [0.1, 0.15) is 20.8 Å². The van der Waals surface area contributed by atoms with Crippen molar-refractivity contribution in [3.8, 4) is 0 Å². The smallest absolute Gasteiger partial charge is 0.215 e. The van der Waals surface area contributed by atoms with Crippen LogP contribution in [0.25, 0.3) is 0 Å². The molecule has 0 fully saturated rings. The Labute approximate surface area is 54.9 Å². The van der Waals surface area contributed by atoms with Gasteiger partial charge < -0.3 is 10.2 Å². The summed E-state index contributed by atoms with van der Waals surface area (Å²) in [6, 6.07) is 0. The molecule has 2 nitrogen and oxygen atoms in total. The van der Waals surface area contributed by atoms with Crippen molar-refractivity contribution in [1.29, 1.82) is 0 Å². The van der Waals surface area contributed by atoms with Crippen molar-refractivity contribution >= 4 is 12.6 Å². The normalized spacial score (nSPS) is 14.2. The van der Waals surface area contributed by atoms with Crippen LogP contribution < -0.4 is 0 Å². The van der Waals surface area contributed by atoms with E-state index >= 15 is 0 Å². The van der Waals surface area contributed by atoms with Gasteiger partial charge in [-0.1, -0.05) is 20.8 Å². The van der Waals surface area contributed by atoms with Crippen LogP contribution in [0.4, 0.5) is 0 Å². The molecule has 0 heterocycles. The Bertz CT molecular complexity index is 65.4. The minimum Gasteiger partial charge on any atom is -0.357 e. The summed E-state index contributed by atoms with van der Waals surface area (Å²) in [5.41, 5.74) is -0.587. The van der Waals surface area contributed by atoms with E-state index in [9.17, 15) is 0 Å². The molecule has 0 aromatic rings. The van der Waals surface area contributed by atoms with Crippen LogP contribution in [0.15, 0.2) is 0 Å². The van der Waals surface area contributed by atoms with Gasteiger partial charge in [-0.05, 0) is 0 Å². The molecule has 0 aromatic carbocycles. The molecule has 0 saturated heterocycles. The van der Waals surface area contributed by atoms with E-state index in [-0.39, 0.29) is 0 Å². The maximum absolute atomic E-state index is 8.77. The first-order valence-corrected chi connectivity index (χ1v) is 2.87. The first-order valence-electron chi connectivity index (χ1n) is 2.42. The predicted molar refractivity (Wildman–Crippen MR) is 35.6 cm³/mol. The second-order valence-corrected chi connectivity index (χ2v) is 3.51. The number of hydrogen-bond acceptors (Lipinski definition) is 3. The fourth-order valence-corrected chi connectivity index (χ4v) is 0. The van der Waals surface area contributed by atoms with E-state index in [2.05, 4.69) is 12.6 Å². The number of rotatable bonds is 0. The predicted octanol–water partition coefficient (Wildman–Crippen LogP) is 0.601. The summed E-state index contributed by atoms with van der Waals surface area (Å²) in [5.74, 6) is 0. The Hall–Kier alpha value is 0.270. The van der Waals surface area contributed by atoms with Gasteiger partial charge in [0.25, 0.3) is 0 Å². The molecule has 0 radical (unpaired) electrons. The van der Waals surface area contributed by atoms with E-state index in [1.807, 2.05) is 0 Å². The van der Waals surface area contributed by atoms with Gasteiger partial charge in [0.15, 0.2) is 0 Å². The van der Waals surface area contributed by atoms with E-state index in [1.54, 1.807) is 20.8 Å². The zero-order chi connectivity index (χ0) is 7.00. The fourth-order valence-electron chi connectivity index (χ4n) is 0. The van der Waals surface area contributed by atoms with Gasteiger partial charge in [-0.3, -0.25) is 0 Å². The van der Waals surface area contributed by atoms with Crippen molar-refractivity contribution in [3.05, 3.63) is 0 Å². The summed E-state index contributed by atoms with van der Waals surface area (Å²) < 4.78 is 0. The van der Waals surface area contributed by atoms with Gasteiger partial charge in [-0.25, -0.2) is 0 Å². The van der Waals surface area contributed by atoms with Gasteiger partial charge in [0.1, 0.15) is 0 Å². The second kappa shape index (κ2) is 1.90. The van der Waals surface area contributed by atoms with Crippen LogP contribution >= 0.6 is 12.6 Å². The third-order valence-electron chi connectivity index (χ3n) is 1.01. The van der Waals surface area contributed by atoms with E-state index < -0.39 is 10.5 Å². The third kappa shape index (κ3) is 2.03. The maximum atomic E-state index is 8.77. The lowest BCUT2D eigenvalue weighted by molar-refractivity contribution is -0.146. The first-order chi connectivity index (χ1) is 3.25. The summed E-state index contributed by atoms with van der Waals surface area (Å²) in [5, 5.41) is 15.7. The monoisotopic (exact) mass is 136 g/mol. The molecular weight excluding hydrogens is 124 g/mol. The highest BCUT2D eigenvalue weighted by molar-refractivity contribution is 7.81. The lowest BCUT2D eigenvalue weighted by atomic mass is 9.96. The summed E-state index contributed by atoms with van der Waals surface area (Å²) in [6.45, 7) is 5.08. The molecule has 0 atom stereocenters. The minimum atomic E-state index is -1.87. The van der Waals surface area contributed by atoms with E-state index in [0.29, 0.717) is 0 Å². The molecule has 0 unspecified atom stereocenters. The highest BCUT2D eigenvalue weighted by Crippen LogP contribution is 2.30. The Morgan fingerprint density at radius 1 is 1.12 bits per heavy atom. The highest BCUT2D eigenvalue weighted by atomic mass is 32.1. The van der Waals surface area contributed by atoms with Crippen molar-refractivity contribution in [3.63, 3.8) is 0 Å². The molecule has 3 heteroatoms. The molecule has 0 saturated carbocycles. The van der Waals surface area contributed by atoms with Crippen LogP contribution in [-0.2, 0) is 0 Å². The molecular formula is C5H12O2S. The Balaban J connectivity index is 4.02. The first kappa shape index (κ1) is 8.27. The fraction of sp³-hybridized carbons (Fsp3) is 1.00. The quantitative estimate of drug-likeness (QED) is 0.337. The molecule has 0 aromatic heterocycles. The maximum Gasteiger partial charge on any atom is 0.215 e. The Kier molecular flexibility index (Phi) is 1.96. The molecule has 0 amide bonds. The zero-order valence-electron chi connectivity index (χ0n) is 5.34. The average molecular weight is 136 g/mol. The molecule has 50 valence electrons. The van der Waals surface area contributed by atoms with Crippen molar-refractivity contribution in [2.24, 2.45) is 5.41 Å². The topological polar surface area (TPSA) is 40.5 Å². The lowest BCUT2D eigenvalue weighted by Crippen LogP contribution is -2.36. The summed E-state index contributed by atoms with van der Waals surface area (Å²) in [6.07, 6.45) is 0. The third-order valence-corrected chi connectivity index (χ3v) is 1.68. The number of aliphatic hydroxyl groups is 2. The van der Waals surface area contributed by atoms with Gasteiger partial charge in [-0.15, -0.1) is 12.6 Å². The second-order valence-electron chi connectivity index (χ2n) is 2.89. The molecule has 0 rings (SSSR count). The summed E-state index contributed by atoms with van der Waals surface area (Å²) >= 11 is 3.55. The number of thiol groups is 1. The minimum absolute atomic E-state index is 0.587. The van der Waals surface area contributed by atoms with Crippen LogP contribution in [0.5, 0.6) is 0 Å². The van der Waals surface area contributed by atoms with Gasteiger partial charge >= 0.3 is 0 Å². The van der Waals surface area contributed by atoms with Crippen molar-refractivity contribution in [1.82, 2.24) is 0 Å². The summed E-state index contributed by atoms with van der Waals surface area (Å²) in [7, 11) is 0. The van der Waals surface area contributed by atoms with Crippen molar-refractivity contribution in [2.45, 2.75) is 25.9 Å². The molecule has 8 heavy (non-hydrogen) atoms. The van der Waals surface area contributed by atoms with E-state index in [4.69, 9.17) is 10.2 Å². The largest absolute Gasteiger partial charge is 0.357 e. The van der Waals surface area contributed by atoms with Crippen LogP contribution in [0, 0.1) is 5.41 Å². The van der Waals surface area contributed by atoms with E-state index in [0.717, 1.165) is 0 Å². The lowest BCUT2D eigenvalue weighted by Gasteiger charge is -2.29. The molecule has 0 aliphatic rings. The molecule has 0 aliphatic heterocycles. The van der Waals surface area contributed by atoms with Crippen molar-refractivity contribution in [2.75, 3.05) is 0 Å². The van der Waals surface area contributed by atoms with Crippen LogP contribution in [0.3, 0.4) is 0 Å². The van der Waals surface area contributed by atoms with Crippen LogP contribution in [-0.4, -0.2) is 15.3 Å². The van der Waals surface area contributed by atoms with Gasteiger partial charge in [0.2, 0.25) is 5.12 Å². The van der Waals surface area contributed by atoms with Crippen LogP contribution in [0.2, 0.25) is 0 Å². The molecule has 0 spiro atoms. The molecule has 0 bridgehead atoms. The van der Waals surface area contributed by atoms with Gasteiger partial charge in [-0.2, -0.15) is 0 Å². The Morgan fingerprint density at radius 3 is 1.25 bits per heavy atom. The summed E-state index contributed by atoms with van der Waals surface area (Å²) in [4.78, 5) is 0. The number of hydrogen-bond donors (Lipinski definition) is 3. The SMILES string of the molecule is CC(C)(C)C(O)(O)S. The molecule has 2 N–H and O–H groups in total. The zero-order valence-corrected chi connectivity index (χ0v) is 6.24. The Morgan fingerprint density at radius 2 is 1.25 bits per heavy atom. The van der Waals surface area contributed by atoms with Gasteiger partial charge in [0, 0.05) is 5.41 Å².